The summed E-state index contributed by atoms with van der Waals surface area (Å²) in [5, 5.41) is 0.312. The van der Waals surface area contributed by atoms with Crippen molar-refractivity contribution >= 4 is 18.4 Å². The van der Waals surface area contributed by atoms with Gasteiger partial charge in [0.15, 0.2) is 0 Å². The molecule has 2 unspecified atom stereocenters. The Hall–Kier alpha value is -0.100. The average Bonchev–Trinajstić information content (AvgIpc) is 2.49. The van der Waals surface area contributed by atoms with Crippen LogP contribution in [0.3, 0.4) is 0 Å². The van der Waals surface area contributed by atoms with Crippen LogP contribution in [0.1, 0.15) is 46.5 Å². The van der Waals surface area contributed by atoms with Crippen molar-refractivity contribution in [2.75, 3.05) is 39.8 Å². The van der Waals surface area contributed by atoms with E-state index >= 15 is 0 Å². The van der Waals surface area contributed by atoms with Crippen molar-refractivity contribution in [1.29, 1.82) is 0 Å². The number of hydrogen-bond acceptors (Lipinski definition) is 5. The molecule has 5 heteroatoms. The van der Waals surface area contributed by atoms with Crippen LogP contribution in [0.15, 0.2) is 0 Å². The minimum absolute atomic E-state index is 0.285. The third-order valence-electron chi connectivity index (χ3n) is 4.54. The molecular weight excluding hydrogens is 296 g/mol. The van der Waals surface area contributed by atoms with Gasteiger partial charge in [-0.05, 0) is 52.6 Å². The van der Waals surface area contributed by atoms with Crippen molar-refractivity contribution in [3.8, 4) is 0 Å². The Balaban J connectivity index is 2.10. The van der Waals surface area contributed by atoms with Crippen LogP contribution in [-0.4, -0.2) is 66.9 Å². The summed E-state index contributed by atoms with van der Waals surface area (Å²) in [6.07, 6.45) is 4.42. The highest BCUT2D eigenvalue weighted by Crippen LogP contribution is 2.16. The predicted octanol–water partition coefficient (Wildman–Crippen LogP) is 2.68. The first-order chi connectivity index (χ1) is 10.4. The zero-order valence-electron chi connectivity index (χ0n) is 14.8. The maximum absolute atomic E-state index is 11.0. The lowest BCUT2D eigenvalue weighted by Gasteiger charge is -2.32. The van der Waals surface area contributed by atoms with Crippen LogP contribution in [0.5, 0.6) is 0 Å². The highest BCUT2D eigenvalue weighted by Gasteiger charge is 2.20. The molecule has 0 aliphatic carbocycles. The summed E-state index contributed by atoms with van der Waals surface area (Å²) < 4.78 is 6.08. The van der Waals surface area contributed by atoms with E-state index in [1.165, 1.54) is 0 Å². The lowest BCUT2D eigenvalue weighted by atomic mass is 10.1. The van der Waals surface area contributed by atoms with Gasteiger partial charge in [-0.3, -0.25) is 9.69 Å². The van der Waals surface area contributed by atoms with Gasteiger partial charge in [-0.2, -0.15) is 12.6 Å². The van der Waals surface area contributed by atoms with E-state index in [-0.39, 0.29) is 5.78 Å². The van der Waals surface area contributed by atoms with Gasteiger partial charge in [0.1, 0.15) is 5.78 Å². The fraction of sp³-hybridized carbons (Fsp3) is 0.941. The standard InChI is InChI=1S/C17H34N2O2S/c1-14(5-9-18(4)16(3)22)13-21-17-7-11-19(12-8-17)10-6-15(2)20/h14,16-17,22H,5-13H2,1-4H3. The number of carbonyl (C=O) groups excluding carboxylic acids is 1. The van der Waals surface area contributed by atoms with Gasteiger partial charge in [0, 0.05) is 38.0 Å². The first-order valence-corrected chi connectivity index (χ1v) is 9.11. The van der Waals surface area contributed by atoms with Gasteiger partial charge in [-0.25, -0.2) is 0 Å². The van der Waals surface area contributed by atoms with E-state index in [0.717, 1.165) is 52.0 Å². The summed E-state index contributed by atoms with van der Waals surface area (Å²) in [5.74, 6) is 0.873. The van der Waals surface area contributed by atoms with Crippen LogP contribution < -0.4 is 0 Å². The van der Waals surface area contributed by atoms with Crippen LogP contribution in [0.25, 0.3) is 0 Å². The van der Waals surface area contributed by atoms with Crippen molar-refractivity contribution in [2.45, 2.75) is 57.9 Å². The molecule has 1 fully saturated rings. The van der Waals surface area contributed by atoms with Crippen molar-refractivity contribution in [2.24, 2.45) is 5.92 Å². The summed E-state index contributed by atoms with van der Waals surface area (Å²) >= 11 is 4.44. The van der Waals surface area contributed by atoms with E-state index < -0.39 is 0 Å². The molecule has 0 radical (unpaired) electrons. The normalized spacial score (nSPS) is 20.3. The van der Waals surface area contributed by atoms with E-state index in [0.29, 0.717) is 23.8 Å². The predicted molar refractivity (Wildman–Crippen MR) is 95.6 cm³/mol. The average molecular weight is 331 g/mol. The molecule has 1 heterocycles. The molecule has 1 aliphatic heterocycles. The maximum atomic E-state index is 11.0. The number of piperidine rings is 1. The number of Topliss-reactive ketones (excluding diaryl/α,β-unsaturated/α-hetero) is 1. The number of thiol groups is 1. The van der Waals surface area contributed by atoms with Crippen LogP contribution in [0, 0.1) is 5.92 Å². The second-order valence-electron chi connectivity index (χ2n) is 6.83. The molecule has 22 heavy (non-hydrogen) atoms. The third-order valence-corrected chi connectivity index (χ3v) is 4.94. The van der Waals surface area contributed by atoms with E-state index in [2.05, 4.69) is 43.3 Å². The topological polar surface area (TPSA) is 32.8 Å². The number of likely N-dealkylation sites (tertiary alicyclic amines) is 1. The Morgan fingerprint density at radius 2 is 2.00 bits per heavy atom. The largest absolute Gasteiger partial charge is 0.378 e. The molecule has 0 saturated carbocycles. The zero-order chi connectivity index (χ0) is 16.5. The smallest absolute Gasteiger partial charge is 0.131 e. The fourth-order valence-corrected chi connectivity index (χ4v) is 2.73. The first-order valence-electron chi connectivity index (χ1n) is 8.60. The Morgan fingerprint density at radius 1 is 1.36 bits per heavy atom. The third kappa shape index (κ3) is 8.51. The number of nitrogens with zero attached hydrogens (tertiary/aromatic N) is 2. The van der Waals surface area contributed by atoms with Crippen molar-refractivity contribution in [3.05, 3.63) is 0 Å². The highest BCUT2D eigenvalue weighted by molar-refractivity contribution is 7.80. The molecule has 1 saturated heterocycles. The minimum atomic E-state index is 0.285. The number of rotatable bonds is 10. The van der Waals surface area contributed by atoms with Crippen molar-refractivity contribution < 1.29 is 9.53 Å². The van der Waals surface area contributed by atoms with Crippen molar-refractivity contribution in [1.82, 2.24) is 9.80 Å². The molecule has 0 aromatic rings. The number of ketones is 1. The molecule has 4 nitrogen and oxygen atoms in total. The lowest BCUT2D eigenvalue weighted by molar-refractivity contribution is -0.117. The minimum Gasteiger partial charge on any atom is -0.378 e. The molecule has 0 aromatic heterocycles. The van der Waals surface area contributed by atoms with E-state index in [9.17, 15) is 4.79 Å². The maximum Gasteiger partial charge on any atom is 0.131 e. The molecule has 0 amide bonds. The van der Waals surface area contributed by atoms with Gasteiger partial charge in [0.05, 0.1) is 6.10 Å². The van der Waals surface area contributed by atoms with Crippen LogP contribution in [0.2, 0.25) is 0 Å². The van der Waals surface area contributed by atoms with Crippen molar-refractivity contribution in [3.63, 3.8) is 0 Å². The van der Waals surface area contributed by atoms with E-state index in [4.69, 9.17) is 4.74 Å². The van der Waals surface area contributed by atoms with Gasteiger partial charge < -0.3 is 9.64 Å². The monoisotopic (exact) mass is 330 g/mol. The van der Waals surface area contributed by atoms with Gasteiger partial charge >= 0.3 is 0 Å². The van der Waals surface area contributed by atoms with Gasteiger partial charge in [-0.15, -0.1) is 0 Å². The highest BCUT2D eigenvalue weighted by atomic mass is 32.1. The molecule has 1 aliphatic rings. The number of hydrogen-bond donors (Lipinski definition) is 1. The second-order valence-corrected chi connectivity index (χ2v) is 7.58. The number of ether oxygens (including phenoxy) is 1. The van der Waals surface area contributed by atoms with Crippen LogP contribution >= 0.6 is 12.6 Å². The molecule has 0 aromatic carbocycles. The molecular formula is C17H34N2O2S. The molecule has 0 N–H and O–H groups in total. The van der Waals surface area contributed by atoms with E-state index in [1.807, 2.05) is 0 Å². The molecule has 130 valence electrons. The summed E-state index contributed by atoms with van der Waals surface area (Å²) in [5.41, 5.74) is 0. The molecule has 0 spiro atoms. The Bertz CT molecular complexity index is 318. The molecule has 1 rings (SSSR count). The Kier molecular flexibility index (Phi) is 9.64. The summed E-state index contributed by atoms with van der Waals surface area (Å²) in [6, 6.07) is 0. The summed E-state index contributed by atoms with van der Waals surface area (Å²) in [6.45, 7) is 11.0. The fourth-order valence-electron chi connectivity index (χ4n) is 2.61. The van der Waals surface area contributed by atoms with Crippen LogP contribution in [0.4, 0.5) is 0 Å². The quantitative estimate of drug-likeness (QED) is 0.493. The number of carbonyl (C=O) groups is 1. The van der Waals surface area contributed by atoms with Gasteiger partial charge in [0.25, 0.3) is 0 Å². The Labute approximate surface area is 142 Å². The second kappa shape index (κ2) is 10.6. The summed E-state index contributed by atoms with van der Waals surface area (Å²) in [4.78, 5) is 15.7. The first kappa shape index (κ1) is 19.9. The molecule has 2 atom stereocenters. The van der Waals surface area contributed by atoms with Gasteiger partial charge in [0.2, 0.25) is 0 Å². The zero-order valence-corrected chi connectivity index (χ0v) is 15.6. The van der Waals surface area contributed by atoms with Gasteiger partial charge in [-0.1, -0.05) is 6.92 Å². The molecule has 0 bridgehead atoms. The lowest BCUT2D eigenvalue weighted by Crippen LogP contribution is -2.38. The Morgan fingerprint density at radius 3 is 2.55 bits per heavy atom. The van der Waals surface area contributed by atoms with Crippen LogP contribution in [-0.2, 0) is 9.53 Å². The van der Waals surface area contributed by atoms with E-state index in [1.54, 1.807) is 6.92 Å². The SMILES string of the molecule is CC(=O)CCN1CCC(OCC(C)CCN(C)C(C)S)CC1. The summed E-state index contributed by atoms with van der Waals surface area (Å²) in [7, 11) is 2.11.